The molecule has 0 aromatic carbocycles. The van der Waals surface area contributed by atoms with Crippen LogP contribution in [0.2, 0.25) is 0 Å². The van der Waals surface area contributed by atoms with Crippen LogP contribution in [0.1, 0.15) is 39.0 Å². The molecule has 0 saturated heterocycles. The van der Waals surface area contributed by atoms with Crippen molar-refractivity contribution in [1.82, 2.24) is 0 Å². The lowest BCUT2D eigenvalue weighted by Gasteiger charge is -2.05. The molecule has 5 heteroatoms. The molecule has 0 aliphatic carbocycles. The monoisotopic (exact) mass is 274 g/mol. The van der Waals surface area contributed by atoms with Crippen molar-refractivity contribution in [1.29, 1.82) is 0 Å². The predicted molar refractivity (Wildman–Crippen MR) is 73.7 cm³/mol. The molecule has 0 fully saturated rings. The SMILES string of the molecule is C=C(C)C(=O)OCCCCCCOC(=O)CCS. The van der Waals surface area contributed by atoms with Crippen LogP contribution in [0.5, 0.6) is 0 Å². The minimum absolute atomic E-state index is 0.194. The molecule has 0 amide bonds. The van der Waals surface area contributed by atoms with E-state index in [0.29, 0.717) is 31.0 Å². The van der Waals surface area contributed by atoms with Crippen LogP contribution in [-0.4, -0.2) is 30.9 Å². The predicted octanol–water partition coefficient (Wildman–Crippen LogP) is 2.53. The van der Waals surface area contributed by atoms with E-state index in [1.165, 1.54) is 0 Å². The summed E-state index contributed by atoms with van der Waals surface area (Å²) < 4.78 is 9.92. The van der Waals surface area contributed by atoms with Crippen molar-refractivity contribution in [3.8, 4) is 0 Å². The first-order chi connectivity index (χ1) is 8.57. The molecule has 0 N–H and O–H groups in total. The number of ether oxygens (including phenoxy) is 2. The number of unbranched alkanes of at least 4 members (excludes halogenated alkanes) is 3. The Balaban J connectivity index is 3.24. The highest BCUT2D eigenvalue weighted by Gasteiger charge is 2.02. The maximum atomic E-state index is 11.0. The topological polar surface area (TPSA) is 52.6 Å². The van der Waals surface area contributed by atoms with E-state index in [1.54, 1.807) is 6.92 Å². The highest BCUT2D eigenvalue weighted by atomic mass is 32.1. The molecular weight excluding hydrogens is 252 g/mol. The summed E-state index contributed by atoms with van der Waals surface area (Å²) in [5.74, 6) is -0.0107. The molecule has 104 valence electrons. The Morgan fingerprint density at radius 2 is 1.61 bits per heavy atom. The second kappa shape index (κ2) is 11.1. The number of hydrogen-bond donors (Lipinski definition) is 1. The number of carbonyl (C=O) groups excluding carboxylic acids is 2. The average Bonchev–Trinajstić information content (AvgIpc) is 2.32. The lowest BCUT2D eigenvalue weighted by molar-refractivity contribution is -0.143. The van der Waals surface area contributed by atoms with Gasteiger partial charge in [-0.15, -0.1) is 0 Å². The minimum atomic E-state index is -0.337. The first kappa shape index (κ1) is 17.0. The van der Waals surface area contributed by atoms with Crippen molar-refractivity contribution in [3.63, 3.8) is 0 Å². The summed E-state index contributed by atoms with van der Waals surface area (Å²) >= 11 is 3.94. The molecule has 0 atom stereocenters. The van der Waals surface area contributed by atoms with E-state index >= 15 is 0 Å². The third kappa shape index (κ3) is 10.2. The number of hydrogen-bond acceptors (Lipinski definition) is 5. The first-order valence-electron chi connectivity index (χ1n) is 6.17. The Morgan fingerprint density at radius 3 is 2.11 bits per heavy atom. The molecule has 0 spiro atoms. The summed E-state index contributed by atoms with van der Waals surface area (Å²) in [6.07, 6.45) is 3.93. The average molecular weight is 274 g/mol. The third-order valence-corrected chi connectivity index (χ3v) is 2.42. The summed E-state index contributed by atoms with van der Waals surface area (Å²) in [6.45, 7) is 6.00. The molecule has 0 unspecified atom stereocenters. The lowest BCUT2D eigenvalue weighted by atomic mass is 10.2. The normalized spacial score (nSPS) is 9.89. The van der Waals surface area contributed by atoms with Crippen molar-refractivity contribution in [3.05, 3.63) is 12.2 Å². The fourth-order valence-corrected chi connectivity index (χ4v) is 1.38. The molecule has 18 heavy (non-hydrogen) atoms. The fraction of sp³-hybridized carbons (Fsp3) is 0.692. The standard InChI is InChI=1S/C13H22O4S/c1-11(2)13(15)17-9-6-4-3-5-8-16-12(14)7-10-18/h18H,1,3-10H2,2H3. The van der Waals surface area contributed by atoms with E-state index in [4.69, 9.17) is 9.47 Å². The van der Waals surface area contributed by atoms with Crippen LogP contribution in [0.25, 0.3) is 0 Å². The molecule has 0 saturated carbocycles. The quantitative estimate of drug-likeness (QED) is 0.288. The molecule has 0 radical (unpaired) electrons. The van der Waals surface area contributed by atoms with Gasteiger partial charge in [0, 0.05) is 11.3 Å². The van der Waals surface area contributed by atoms with E-state index in [1.807, 2.05) is 0 Å². The van der Waals surface area contributed by atoms with Crippen molar-refractivity contribution in [2.45, 2.75) is 39.0 Å². The summed E-state index contributed by atoms with van der Waals surface area (Å²) in [6, 6.07) is 0. The van der Waals surface area contributed by atoms with Gasteiger partial charge in [-0.25, -0.2) is 4.79 Å². The zero-order chi connectivity index (χ0) is 13.8. The molecule has 0 heterocycles. The van der Waals surface area contributed by atoms with Gasteiger partial charge in [0.2, 0.25) is 0 Å². The van der Waals surface area contributed by atoms with Gasteiger partial charge >= 0.3 is 11.9 Å². The molecular formula is C13H22O4S. The van der Waals surface area contributed by atoms with Crippen molar-refractivity contribution in [2.75, 3.05) is 19.0 Å². The first-order valence-corrected chi connectivity index (χ1v) is 6.80. The number of esters is 2. The number of thiol groups is 1. The van der Waals surface area contributed by atoms with Crippen LogP contribution in [0.15, 0.2) is 12.2 Å². The Hall–Kier alpha value is -0.970. The Labute approximate surface area is 114 Å². The van der Waals surface area contributed by atoms with E-state index < -0.39 is 0 Å². The highest BCUT2D eigenvalue weighted by molar-refractivity contribution is 7.80. The van der Waals surface area contributed by atoms with E-state index in [2.05, 4.69) is 19.2 Å². The Morgan fingerprint density at radius 1 is 1.06 bits per heavy atom. The molecule has 0 rings (SSSR count). The molecule has 0 aromatic rings. The second-order valence-corrected chi connectivity index (χ2v) is 4.47. The summed E-state index contributed by atoms with van der Waals surface area (Å²) in [5, 5.41) is 0. The smallest absolute Gasteiger partial charge is 0.333 e. The van der Waals surface area contributed by atoms with E-state index in [9.17, 15) is 9.59 Å². The van der Waals surface area contributed by atoms with Gasteiger partial charge in [-0.2, -0.15) is 12.6 Å². The van der Waals surface area contributed by atoms with Crippen molar-refractivity contribution < 1.29 is 19.1 Å². The van der Waals surface area contributed by atoms with Gasteiger partial charge in [0.1, 0.15) is 0 Å². The molecule has 4 nitrogen and oxygen atoms in total. The van der Waals surface area contributed by atoms with Crippen molar-refractivity contribution in [2.24, 2.45) is 0 Å². The van der Waals surface area contributed by atoms with Gasteiger partial charge in [-0.1, -0.05) is 6.58 Å². The molecule has 0 aromatic heterocycles. The summed E-state index contributed by atoms with van der Waals surface area (Å²) in [4.78, 5) is 22.0. The fourth-order valence-electron chi connectivity index (χ4n) is 1.20. The van der Waals surface area contributed by atoms with Crippen LogP contribution in [0.4, 0.5) is 0 Å². The van der Waals surface area contributed by atoms with Gasteiger partial charge in [-0.3, -0.25) is 4.79 Å². The van der Waals surface area contributed by atoms with E-state index in [0.717, 1.165) is 25.7 Å². The summed E-state index contributed by atoms with van der Waals surface area (Å²) in [5.41, 5.74) is 0.422. The minimum Gasteiger partial charge on any atom is -0.466 e. The van der Waals surface area contributed by atoms with Gasteiger partial charge in [0.05, 0.1) is 19.6 Å². The number of rotatable bonds is 10. The van der Waals surface area contributed by atoms with E-state index in [-0.39, 0.29) is 11.9 Å². The third-order valence-electron chi connectivity index (χ3n) is 2.20. The van der Waals surface area contributed by atoms with Gasteiger partial charge in [0.25, 0.3) is 0 Å². The van der Waals surface area contributed by atoms with Crippen LogP contribution < -0.4 is 0 Å². The van der Waals surface area contributed by atoms with Crippen LogP contribution in [0, 0.1) is 0 Å². The molecule has 0 aliphatic heterocycles. The van der Waals surface area contributed by atoms with Crippen LogP contribution >= 0.6 is 12.6 Å². The second-order valence-electron chi connectivity index (χ2n) is 4.02. The van der Waals surface area contributed by atoms with Crippen LogP contribution in [-0.2, 0) is 19.1 Å². The maximum Gasteiger partial charge on any atom is 0.333 e. The van der Waals surface area contributed by atoms with Gasteiger partial charge in [0.15, 0.2) is 0 Å². The zero-order valence-corrected chi connectivity index (χ0v) is 11.8. The van der Waals surface area contributed by atoms with Gasteiger partial charge in [-0.05, 0) is 32.6 Å². The molecule has 0 bridgehead atoms. The maximum absolute atomic E-state index is 11.0. The Bertz CT molecular complexity index is 276. The highest BCUT2D eigenvalue weighted by Crippen LogP contribution is 2.02. The van der Waals surface area contributed by atoms with Crippen LogP contribution in [0.3, 0.4) is 0 Å². The summed E-state index contributed by atoms with van der Waals surface area (Å²) in [7, 11) is 0. The lowest BCUT2D eigenvalue weighted by Crippen LogP contribution is -2.07. The zero-order valence-electron chi connectivity index (χ0n) is 10.9. The Kier molecular flexibility index (Phi) is 10.5. The number of carbonyl (C=O) groups is 2. The molecule has 0 aliphatic rings. The van der Waals surface area contributed by atoms with Crippen molar-refractivity contribution >= 4 is 24.6 Å². The van der Waals surface area contributed by atoms with Gasteiger partial charge < -0.3 is 9.47 Å². The largest absolute Gasteiger partial charge is 0.466 e.